The monoisotopic (exact) mass is 329 g/mol. The van der Waals surface area contributed by atoms with Crippen LogP contribution >= 0.6 is 11.3 Å². The first-order valence-electron chi connectivity index (χ1n) is 7.73. The van der Waals surface area contributed by atoms with Crippen LogP contribution in [0.15, 0.2) is 78.9 Å². The summed E-state index contributed by atoms with van der Waals surface area (Å²) in [4.78, 5) is 4.62. The summed E-state index contributed by atoms with van der Waals surface area (Å²) in [5.41, 5.74) is 2.13. The van der Waals surface area contributed by atoms with E-state index in [0.29, 0.717) is 0 Å². The van der Waals surface area contributed by atoms with E-state index in [1.54, 1.807) is 11.3 Å². The van der Waals surface area contributed by atoms with E-state index in [1.165, 1.54) is 4.70 Å². The van der Waals surface area contributed by atoms with Crippen molar-refractivity contribution < 1.29 is 4.74 Å². The quantitative estimate of drug-likeness (QED) is 0.441. The van der Waals surface area contributed by atoms with Crippen LogP contribution < -0.4 is 4.74 Å². The van der Waals surface area contributed by atoms with Crippen LogP contribution in [0.3, 0.4) is 0 Å². The fourth-order valence-electron chi connectivity index (χ4n) is 2.44. The van der Waals surface area contributed by atoms with Gasteiger partial charge in [-0.1, -0.05) is 48.5 Å². The Hall–Kier alpha value is -2.91. The minimum Gasteiger partial charge on any atom is -0.457 e. The van der Waals surface area contributed by atoms with Crippen molar-refractivity contribution in [2.75, 3.05) is 0 Å². The Labute approximate surface area is 144 Å². The summed E-state index contributed by atoms with van der Waals surface area (Å²) in [7, 11) is 0. The molecule has 0 amide bonds. The molecule has 0 bridgehead atoms. The number of para-hydroxylation sites is 2. The second kappa shape index (κ2) is 6.69. The van der Waals surface area contributed by atoms with Crippen LogP contribution in [0.4, 0.5) is 0 Å². The predicted molar refractivity (Wildman–Crippen MR) is 102 cm³/mol. The van der Waals surface area contributed by atoms with E-state index in [0.717, 1.165) is 27.6 Å². The molecule has 0 unspecified atom stereocenters. The van der Waals surface area contributed by atoms with Gasteiger partial charge in [-0.3, -0.25) is 0 Å². The molecule has 3 heteroatoms. The molecule has 0 aliphatic carbocycles. The molecule has 0 atom stereocenters. The van der Waals surface area contributed by atoms with Gasteiger partial charge in [0, 0.05) is 0 Å². The summed E-state index contributed by atoms with van der Waals surface area (Å²) in [6.07, 6.45) is 4.11. The Bertz CT molecular complexity index is 956. The molecule has 4 aromatic rings. The van der Waals surface area contributed by atoms with Crippen LogP contribution in [0.1, 0.15) is 10.6 Å². The molecule has 0 aliphatic heterocycles. The Morgan fingerprint density at radius 2 is 1.54 bits per heavy atom. The fourth-order valence-corrected chi connectivity index (χ4v) is 3.31. The molecule has 0 saturated heterocycles. The summed E-state index contributed by atoms with van der Waals surface area (Å²) in [6.45, 7) is 0. The van der Waals surface area contributed by atoms with E-state index in [-0.39, 0.29) is 0 Å². The third-order valence-corrected chi connectivity index (χ3v) is 4.57. The van der Waals surface area contributed by atoms with Gasteiger partial charge in [-0.2, -0.15) is 0 Å². The molecule has 2 nitrogen and oxygen atoms in total. The molecular formula is C21H15NOS. The minimum atomic E-state index is 0.827. The molecule has 0 spiro atoms. The largest absolute Gasteiger partial charge is 0.457 e. The standard InChI is InChI=1S/C21H15NOS/c1-2-8-17(9-3-1)23-18-10-6-7-16(15-18)13-14-21-22-19-11-4-5-12-20(19)24-21/h1-15H/b14-13+. The molecule has 0 N–H and O–H groups in total. The van der Waals surface area contributed by atoms with Gasteiger partial charge in [0.05, 0.1) is 10.2 Å². The maximum absolute atomic E-state index is 5.87. The Kier molecular flexibility index (Phi) is 4.09. The molecule has 116 valence electrons. The molecule has 3 aromatic carbocycles. The molecule has 1 aromatic heterocycles. The van der Waals surface area contributed by atoms with Gasteiger partial charge in [0.25, 0.3) is 0 Å². The molecule has 1 heterocycles. The van der Waals surface area contributed by atoms with E-state index >= 15 is 0 Å². The molecule has 0 radical (unpaired) electrons. The zero-order valence-corrected chi connectivity index (χ0v) is 13.7. The van der Waals surface area contributed by atoms with Gasteiger partial charge in [-0.25, -0.2) is 4.98 Å². The van der Waals surface area contributed by atoms with Crippen molar-refractivity contribution in [3.8, 4) is 11.5 Å². The van der Waals surface area contributed by atoms with E-state index in [4.69, 9.17) is 4.74 Å². The fraction of sp³-hybridized carbons (Fsp3) is 0. The minimum absolute atomic E-state index is 0.827. The number of fused-ring (bicyclic) bond motifs is 1. The number of hydrogen-bond acceptors (Lipinski definition) is 3. The van der Waals surface area contributed by atoms with Crippen LogP contribution in [-0.4, -0.2) is 4.98 Å². The number of benzene rings is 3. The van der Waals surface area contributed by atoms with Gasteiger partial charge in [0.1, 0.15) is 16.5 Å². The van der Waals surface area contributed by atoms with Gasteiger partial charge in [0.2, 0.25) is 0 Å². The average molecular weight is 329 g/mol. The number of thiazole rings is 1. The Morgan fingerprint density at radius 1 is 0.750 bits per heavy atom. The highest BCUT2D eigenvalue weighted by Gasteiger charge is 2.00. The number of ether oxygens (including phenoxy) is 1. The molecule has 0 fully saturated rings. The van der Waals surface area contributed by atoms with Gasteiger partial charge in [-0.15, -0.1) is 11.3 Å². The normalized spacial score (nSPS) is 11.2. The Morgan fingerprint density at radius 3 is 2.42 bits per heavy atom. The van der Waals surface area contributed by atoms with Gasteiger partial charge in [0.15, 0.2) is 0 Å². The first-order valence-corrected chi connectivity index (χ1v) is 8.55. The van der Waals surface area contributed by atoms with Crippen molar-refractivity contribution >= 4 is 33.7 Å². The summed E-state index contributed by atoms with van der Waals surface area (Å²) >= 11 is 1.69. The third-order valence-electron chi connectivity index (χ3n) is 3.57. The number of nitrogens with zero attached hydrogens (tertiary/aromatic N) is 1. The van der Waals surface area contributed by atoms with Crippen molar-refractivity contribution in [3.05, 3.63) is 89.4 Å². The van der Waals surface area contributed by atoms with E-state index < -0.39 is 0 Å². The predicted octanol–water partition coefficient (Wildman–Crippen LogP) is 6.26. The highest BCUT2D eigenvalue weighted by molar-refractivity contribution is 7.19. The lowest BCUT2D eigenvalue weighted by molar-refractivity contribution is 0.482. The Balaban J connectivity index is 1.55. The van der Waals surface area contributed by atoms with E-state index in [2.05, 4.69) is 23.2 Å². The van der Waals surface area contributed by atoms with Crippen molar-refractivity contribution in [2.45, 2.75) is 0 Å². The number of rotatable bonds is 4. The summed E-state index contributed by atoms with van der Waals surface area (Å²) in [5.74, 6) is 1.66. The number of aromatic nitrogens is 1. The third kappa shape index (κ3) is 3.36. The average Bonchev–Trinajstić information content (AvgIpc) is 3.04. The lowest BCUT2D eigenvalue weighted by Crippen LogP contribution is -1.83. The van der Waals surface area contributed by atoms with E-state index in [9.17, 15) is 0 Å². The van der Waals surface area contributed by atoms with Gasteiger partial charge < -0.3 is 4.74 Å². The first-order chi connectivity index (χ1) is 11.9. The van der Waals surface area contributed by atoms with Crippen molar-refractivity contribution in [1.82, 2.24) is 4.98 Å². The second-order valence-electron chi connectivity index (χ2n) is 5.34. The maximum Gasteiger partial charge on any atom is 0.128 e. The highest BCUT2D eigenvalue weighted by Crippen LogP contribution is 2.25. The summed E-state index contributed by atoms with van der Waals surface area (Å²) in [5, 5.41) is 1.01. The zero-order chi connectivity index (χ0) is 16.2. The number of hydrogen-bond donors (Lipinski definition) is 0. The SMILES string of the molecule is C(=C\c1nc2ccccc2s1)/c1cccc(Oc2ccccc2)c1. The smallest absolute Gasteiger partial charge is 0.128 e. The lowest BCUT2D eigenvalue weighted by Gasteiger charge is -2.05. The summed E-state index contributed by atoms with van der Waals surface area (Å²) < 4.78 is 7.08. The van der Waals surface area contributed by atoms with Crippen LogP contribution in [0.2, 0.25) is 0 Å². The molecular weight excluding hydrogens is 314 g/mol. The summed E-state index contributed by atoms with van der Waals surface area (Å²) in [6, 6.07) is 26.0. The van der Waals surface area contributed by atoms with Crippen molar-refractivity contribution in [2.24, 2.45) is 0 Å². The van der Waals surface area contributed by atoms with Crippen LogP contribution in [0.5, 0.6) is 11.5 Å². The van der Waals surface area contributed by atoms with E-state index in [1.807, 2.05) is 72.8 Å². The van der Waals surface area contributed by atoms with Crippen LogP contribution in [-0.2, 0) is 0 Å². The highest BCUT2D eigenvalue weighted by atomic mass is 32.1. The van der Waals surface area contributed by atoms with Crippen LogP contribution in [0.25, 0.3) is 22.4 Å². The maximum atomic E-state index is 5.87. The zero-order valence-electron chi connectivity index (χ0n) is 12.9. The first kappa shape index (κ1) is 14.7. The molecule has 0 saturated carbocycles. The van der Waals surface area contributed by atoms with Gasteiger partial charge >= 0.3 is 0 Å². The van der Waals surface area contributed by atoms with Gasteiger partial charge in [-0.05, 0) is 48.0 Å². The van der Waals surface area contributed by atoms with Crippen LogP contribution in [0, 0.1) is 0 Å². The second-order valence-corrected chi connectivity index (χ2v) is 6.40. The molecule has 24 heavy (non-hydrogen) atoms. The lowest BCUT2D eigenvalue weighted by atomic mass is 10.2. The molecule has 4 rings (SSSR count). The topological polar surface area (TPSA) is 22.1 Å². The van der Waals surface area contributed by atoms with Crippen molar-refractivity contribution in [3.63, 3.8) is 0 Å². The van der Waals surface area contributed by atoms with Crippen molar-refractivity contribution in [1.29, 1.82) is 0 Å². The molecule has 0 aliphatic rings.